The van der Waals surface area contributed by atoms with Gasteiger partial charge in [0.15, 0.2) is 0 Å². The lowest BCUT2D eigenvalue weighted by Crippen LogP contribution is -1.89. The van der Waals surface area contributed by atoms with Crippen molar-refractivity contribution in [1.82, 2.24) is 9.97 Å². The molecule has 4 heteroatoms. The summed E-state index contributed by atoms with van der Waals surface area (Å²) in [5.74, 6) is 0.527. The zero-order valence-corrected chi connectivity index (χ0v) is 8.90. The molecule has 0 saturated heterocycles. The van der Waals surface area contributed by atoms with Crippen molar-refractivity contribution in [2.45, 2.75) is 0 Å². The van der Waals surface area contributed by atoms with Gasteiger partial charge < -0.3 is 5.73 Å². The second kappa shape index (κ2) is 3.75. The van der Waals surface area contributed by atoms with E-state index in [1.165, 1.54) is 0 Å². The van der Waals surface area contributed by atoms with E-state index in [2.05, 4.69) is 25.9 Å². The van der Waals surface area contributed by atoms with Crippen LogP contribution in [0.4, 0.5) is 5.82 Å². The predicted octanol–water partition coefficient (Wildman–Crippen LogP) is 2.49. The summed E-state index contributed by atoms with van der Waals surface area (Å²) in [5.41, 5.74) is 7.54. The third-order valence-corrected chi connectivity index (χ3v) is 2.32. The molecular formula is C10H8BrN3. The molecule has 0 saturated carbocycles. The molecule has 3 nitrogen and oxygen atoms in total. The highest BCUT2D eigenvalue weighted by Gasteiger charge is 1.97. The lowest BCUT2D eigenvalue weighted by molar-refractivity contribution is 1.27. The third kappa shape index (κ3) is 1.90. The van der Waals surface area contributed by atoms with Crippen LogP contribution in [0.3, 0.4) is 0 Å². The van der Waals surface area contributed by atoms with Crippen LogP contribution >= 0.6 is 15.9 Å². The fourth-order valence-corrected chi connectivity index (χ4v) is 1.36. The van der Waals surface area contributed by atoms with Gasteiger partial charge in [-0.2, -0.15) is 0 Å². The molecule has 0 aromatic carbocycles. The maximum Gasteiger partial charge on any atom is 0.123 e. The fourth-order valence-electron chi connectivity index (χ4n) is 1.12. The van der Waals surface area contributed by atoms with Crippen LogP contribution in [0.5, 0.6) is 0 Å². The summed E-state index contributed by atoms with van der Waals surface area (Å²) in [6, 6.07) is 7.57. The van der Waals surface area contributed by atoms with Gasteiger partial charge in [-0.25, -0.2) is 9.97 Å². The molecule has 2 rings (SSSR count). The van der Waals surface area contributed by atoms with E-state index in [1.54, 1.807) is 18.5 Å². The lowest BCUT2D eigenvalue weighted by atomic mass is 10.1. The first-order valence-corrected chi connectivity index (χ1v) is 4.88. The molecule has 14 heavy (non-hydrogen) atoms. The van der Waals surface area contributed by atoms with Gasteiger partial charge in [0.2, 0.25) is 0 Å². The number of rotatable bonds is 1. The Labute approximate surface area is 90.1 Å². The minimum Gasteiger partial charge on any atom is -0.384 e. The van der Waals surface area contributed by atoms with E-state index in [0.29, 0.717) is 5.82 Å². The SMILES string of the molecule is Nc1ccc(-c2ccc(Br)nc2)cn1. The molecule has 0 atom stereocenters. The molecule has 0 amide bonds. The van der Waals surface area contributed by atoms with E-state index in [-0.39, 0.29) is 0 Å². The Morgan fingerprint density at radius 2 is 1.57 bits per heavy atom. The number of aromatic nitrogens is 2. The van der Waals surface area contributed by atoms with Crippen LogP contribution in [0.2, 0.25) is 0 Å². The largest absolute Gasteiger partial charge is 0.384 e. The summed E-state index contributed by atoms with van der Waals surface area (Å²) >= 11 is 3.28. The number of nitrogen functional groups attached to an aromatic ring is 1. The number of halogens is 1. The van der Waals surface area contributed by atoms with Gasteiger partial charge in [-0.1, -0.05) is 6.07 Å². The van der Waals surface area contributed by atoms with E-state index < -0.39 is 0 Å². The molecule has 2 N–H and O–H groups in total. The number of pyridine rings is 2. The van der Waals surface area contributed by atoms with Gasteiger partial charge >= 0.3 is 0 Å². The Morgan fingerprint density at radius 3 is 2.07 bits per heavy atom. The molecule has 2 aromatic heterocycles. The van der Waals surface area contributed by atoms with Crippen LogP contribution in [0, 0.1) is 0 Å². The van der Waals surface area contributed by atoms with Gasteiger partial charge in [0.25, 0.3) is 0 Å². The highest BCUT2D eigenvalue weighted by Crippen LogP contribution is 2.19. The van der Waals surface area contributed by atoms with E-state index in [1.807, 2.05) is 18.2 Å². The van der Waals surface area contributed by atoms with Gasteiger partial charge in [0, 0.05) is 23.5 Å². The minimum atomic E-state index is 0.527. The van der Waals surface area contributed by atoms with Crippen molar-refractivity contribution in [3.63, 3.8) is 0 Å². The molecule has 0 aliphatic heterocycles. The third-order valence-electron chi connectivity index (χ3n) is 1.85. The van der Waals surface area contributed by atoms with Crippen molar-refractivity contribution in [1.29, 1.82) is 0 Å². The Morgan fingerprint density at radius 1 is 0.929 bits per heavy atom. The highest BCUT2D eigenvalue weighted by atomic mass is 79.9. The van der Waals surface area contributed by atoms with Crippen LogP contribution in [0.1, 0.15) is 0 Å². The second-order valence-corrected chi connectivity index (χ2v) is 3.65. The molecule has 70 valence electrons. The molecule has 0 fully saturated rings. The molecule has 2 aromatic rings. The van der Waals surface area contributed by atoms with Crippen LogP contribution in [0.15, 0.2) is 41.3 Å². The van der Waals surface area contributed by atoms with Crippen LogP contribution < -0.4 is 5.73 Å². The van der Waals surface area contributed by atoms with Gasteiger partial charge in [0.05, 0.1) is 0 Å². The number of nitrogens with zero attached hydrogens (tertiary/aromatic N) is 2. The van der Waals surface area contributed by atoms with Crippen LogP contribution in [-0.4, -0.2) is 9.97 Å². The quantitative estimate of drug-likeness (QED) is 0.791. The number of hydrogen-bond acceptors (Lipinski definition) is 3. The standard InChI is InChI=1S/C10H8BrN3/c11-9-3-1-7(5-13-9)8-2-4-10(12)14-6-8/h1-6H,(H2,12,14). The van der Waals surface area contributed by atoms with E-state index in [4.69, 9.17) is 5.73 Å². The topological polar surface area (TPSA) is 51.8 Å². The first-order valence-electron chi connectivity index (χ1n) is 4.09. The van der Waals surface area contributed by atoms with Gasteiger partial charge in [0.1, 0.15) is 10.4 Å². The normalized spacial score (nSPS) is 10.1. The van der Waals surface area contributed by atoms with Crippen molar-refractivity contribution in [3.8, 4) is 11.1 Å². The number of anilines is 1. The molecular weight excluding hydrogens is 242 g/mol. The van der Waals surface area contributed by atoms with E-state index in [0.717, 1.165) is 15.7 Å². The summed E-state index contributed by atoms with van der Waals surface area (Å²) in [5, 5.41) is 0. The maximum absolute atomic E-state index is 5.49. The molecule has 0 aliphatic rings. The Bertz CT molecular complexity index is 379. The Kier molecular flexibility index (Phi) is 2.45. The van der Waals surface area contributed by atoms with Gasteiger partial charge in [-0.05, 0) is 34.1 Å². The molecule has 0 bridgehead atoms. The molecule has 0 aliphatic carbocycles. The molecule has 0 spiro atoms. The fraction of sp³-hybridized carbons (Fsp3) is 0. The van der Waals surface area contributed by atoms with E-state index >= 15 is 0 Å². The summed E-state index contributed by atoms with van der Waals surface area (Å²) < 4.78 is 0.824. The summed E-state index contributed by atoms with van der Waals surface area (Å²) in [7, 11) is 0. The average molecular weight is 250 g/mol. The first kappa shape index (κ1) is 9.15. The van der Waals surface area contributed by atoms with Crippen LogP contribution in [-0.2, 0) is 0 Å². The number of nitrogens with two attached hydrogens (primary N) is 1. The zero-order valence-electron chi connectivity index (χ0n) is 7.31. The monoisotopic (exact) mass is 249 g/mol. The molecule has 0 radical (unpaired) electrons. The summed E-state index contributed by atoms with van der Waals surface area (Å²) in [6.07, 6.45) is 3.53. The van der Waals surface area contributed by atoms with E-state index in [9.17, 15) is 0 Å². The maximum atomic E-state index is 5.49. The number of hydrogen-bond donors (Lipinski definition) is 1. The minimum absolute atomic E-state index is 0.527. The van der Waals surface area contributed by atoms with Crippen molar-refractivity contribution in [2.75, 3.05) is 5.73 Å². The van der Waals surface area contributed by atoms with Crippen molar-refractivity contribution in [3.05, 3.63) is 41.3 Å². The predicted molar refractivity (Wildman–Crippen MR) is 59.6 cm³/mol. The van der Waals surface area contributed by atoms with Gasteiger partial charge in [-0.3, -0.25) is 0 Å². The summed E-state index contributed by atoms with van der Waals surface area (Å²) in [4.78, 5) is 8.15. The smallest absolute Gasteiger partial charge is 0.123 e. The van der Waals surface area contributed by atoms with Crippen molar-refractivity contribution in [2.24, 2.45) is 0 Å². The highest BCUT2D eigenvalue weighted by molar-refractivity contribution is 9.10. The molecule has 2 heterocycles. The van der Waals surface area contributed by atoms with Crippen molar-refractivity contribution < 1.29 is 0 Å². The zero-order chi connectivity index (χ0) is 9.97. The lowest BCUT2D eigenvalue weighted by Gasteiger charge is -2.00. The van der Waals surface area contributed by atoms with Gasteiger partial charge in [-0.15, -0.1) is 0 Å². The van der Waals surface area contributed by atoms with Crippen molar-refractivity contribution >= 4 is 21.7 Å². The average Bonchev–Trinajstić information content (AvgIpc) is 2.21. The first-order chi connectivity index (χ1) is 6.75. The Hall–Kier alpha value is -1.42. The van der Waals surface area contributed by atoms with Crippen LogP contribution in [0.25, 0.3) is 11.1 Å². The second-order valence-electron chi connectivity index (χ2n) is 2.84. The summed E-state index contributed by atoms with van der Waals surface area (Å²) in [6.45, 7) is 0. The Balaban J connectivity index is 2.40. The molecule has 0 unspecified atom stereocenters.